The number of aromatic nitrogens is 4. The van der Waals surface area contributed by atoms with Crippen LogP contribution in [0.15, 0.2) is 30.7 Å². The van der Waals surface area contributed by atoms with E-state index in [-0.39, 0.29) is 29.4 Å². The summed E-state index contributed by atoms with van der Waals surface area (Å²) in [6.07, 6.45) is 10.8. The summed E-state index contributed by atoms with van der Waals surface area (Å²) in [5, 5.41) is 17.3. The van der Waals surface area contributed by atoms with Crippen molar-refractivity contribution in [1.82, 2.24) is 24.9 Å². The molecule has 2 aliphatic rings. The molecule has 0 aromatic carbocycles. The largest absolute Gasteiger partial charge is 0.379 e. The molecule has 11 heteroatoms. The number of rotatable bonds is 7. The van der Waals surface area contributed by atoms with Crippen molar-refractivity contribution in [2.24, 2.45) is 0 Å². The summed E-state index contributed by atoms with van der Waals surface area (Å²) in [6.45, 7) is 1.54. The zero-order valence-corrected chi connectivity index (χ0v) is 19.6. The molecule has 35 heavy (non-hydrogen) atoms. The quantitative estimate of drug-likeness (QED) is 0.409. The van der Waals surface area contributed by atoms with Crippen molar-refractivity contribution in [3.63, 3.8) is 0 Å². The van der Waals surface area contributed by atoms with Gasteiger partial charge in [0.1, 0.15) is 5.82 Å². The number of nitrogens with one attached hydrogen (secondary N) is 4. The Morgan fingerprint density at radius 1 is 1.00 bits per heavy atom. The predicted octanol–water partition coefficient (Wildman–Crippen LogP) is 3.34. The molecule has 10 nitrogen and oxygen atoms in total. The Balaban J connectivity index is 1.39. The van der Waals surface area contributed by atoms with Gasteiger partial charge in [-0.1, -0.05) is 0 Å². The Bertz CT molecular complexity index is 1230. The molecule has 0 atom stereocenters. The summed E-state index contributed by atoms with van der Waals surface area (Å²) in [5.74, 6) is -0.507. The number of halogens is 1. The van der Waals surface area contributed by atoms with Crippen molar-refractivity contribution < 1.29 is 14.0 Å². The maximum atomic E-state index is 14.0. The molecule has 2 aliphatic carbocycles. The summed E-state index contributed by atoms with van der Waals surface area (Å²) >= 11 is 0. The Labute approximate surface area is 202 Å². The number of imidazole rings is 1. The molecule has 3 heterocycles. The Hall–Kier alpha value is -3.76. The van der Waals surface area contributed by atoms with Gasteiger partial charge in [0.25, 0.3) is 5.91 Å². The van der Waals surface area contributed by atoms with Gasteiger partial charge in [0.2, 0.25) is 5.91 Å². The van der Waals surface area contributed by atoms with Gasteiger partial charge in [0.15, 0.2) is 17.2 Å². The first-order valence-corrected chi connectivity index (χ1v) is 12.1. The summed E-state index contributed by atoms with van der Waals surface area (Å²) < 4.78 is 15.5. The van der Waals surface area contributed by atoms with Gasteiger partial charge in [-0.15, -0.1) is 5.10 Å². The van der Waals surface area contributed by atoms with E-state index in [0.717, 1.165) is 50.4 Å². The van der Waals surface area contributed by atoms with Gasteiger partial charge in [0, 0.05) is 37.3 Å². The van der Waals surface area contributed by atoms with E-state index in [9.17, 15) is 14.0 Å². The monoisotopic (exact) mass is 480 g/mol. The van der Waals surface area contributed by atoms with E-state index >= 15 is 0 Å². The molecule has 5 rings (SSSR count). The van der Waals surface area contributed by atoms with Crippen LogP contribution in [0.2, 0.25) is 0 Å². The summed E-state index contributed by atoms with van der Waals surface area (Å²) in [6, 6.07) is 4.10. The highest BCUT2D eigenvalue weighted by Crippen LogP contribution is 2.29. The molecule has 0 aliphatic heterocycles. The molecule has 0 spiro atoms. The minimum Gasteiger partial charge on any atom is -0.379 e. The first kappa shape index (κ1) is 23.0. The highest BCUT2D eigenvalue weighted by atomic mass is 19.1. The van der Waals surface area contributed by atoms with E-state index in [1.165, 1.54) is 29.4 Å². The molecule has 4 N–H and O–H groups in total. The minimum atomic E-state index is -0.618. The van der Waals surface area contributed by atoms with Crippen LogP contribution < -0.4 is 21.3 Å². The molecule has 3 aromatic heterocycles. The van der Waals surface area contributed by atoms with Gasteiger partial charge in [-0.25, -0.2) is 13.9 Å². The van der Waals surface area contributed by atoms with E-state index in [4.69, 9.17) is 0 Å². The maximum absolute atomic E-state index is 14.0. The van der Waals surface area contributed by atoms with Crippen LogP contribution in [-0.2, 0) is 4.79 Å². The van der Waals surface area contributed by atoms with Crippen molar-refractivity contribution in [1.29, 1.82) is 0 Å². The van der Waals surface area contributed by atoms with E-state index in [1.54, 1.807) is 6.92 Å². The van der Waals surface area contributed by atoms with Crippen molar-refractivity contribution >= 4 is 34.7 Å². The van der Waals surface area contributed by atoms with Gasteiger partial charge >= 0.3 is 0 Å². The number of anilines is 3. The standard InChI is InChI=1S/C24H29FN8O2/c1-14(34)28-16-5-7-17(8-6-16)30-22-11-20(29-15-3-2-4-15)23-27-13-21(33(23)32-22)24(35)31-19-9-10-26-12-18(19)25/h9-13,15-17,29H,2-8H2,1H3,(H,28,34)(H,30,32)(H,26,31,35). The zero-order valence-electron chi connectivity index (χ0n) is 19.6. The van der Waals surface area contributed by atoms with Crippen LogP contribution in [0.25, 0.3) is 5.65 Å². The number of hydrogen-bond acceptors (Lipinski definition) is 7. The third kappa shape index (κ3) is 5.18. The molecule has 184 valence electrons. The van der Waals surface area contributed by atoms with E-state index in [0.29, 0.717) is 17.5 Å². The van der Waals surface area contributed by atoms with Gasteiger partial charge in [-0.05, 0) is 51.0 Å². The van der Waals surface area contributed by atoms with Crippen molar-refractivity contribution in [3.05, 3.63) is 42.2 Å². The fourth-order valence-corrected chi connectivity index (χ4v) is 4.61. The zero-order chi connectivity index (χ0) is 24.4. The van der Waals surface area contributed by atoms with Crippen LogP contribution in [0.3, 0.4) is 0 Å². The number of fused-ring (bicyclic) bond motifs is 1. The smallest absolute Gasteiger partial charge is 0.276 e. The molecule has 0 radical (unpaired) electrons. The number of carbonyl (C=O) groups is 2. The third-order valence-electron chi connectivity index (χ3n) is 6.67. The van der Waals surface area contributed by atoms with Gasteiger partial charge in [0.05, 0.1) is 23.8 Å². The van der Waals surface area contributed by atoms with Gasteiger partial charge in [-0.3, -0.25) is 14.6 Å². The van der Waals surface area contributed by atoms with E-state index < -0.39 is 11.7 Å². The van der Waals surface area contributed by atoms with Gasteiger partial charge < -0.3 is 21.3 Å². The fraction of sp³-hybridized carbons (Fsp3) is 0.458. The second-order valence-electron chi connectivity index (χ2n) is 9.30. The molecule has 0 bridgehead atoms. The topological polar surface area (TPSA) is 125 Å². The van der Waals surface area contributed by atoms with E-state index in [1.807, 2.05) is 6.07 Å². The number of carbonyl (C=O) groups excluding carboxylic acids is 2. The SMILES string of the molecule is CC(=O)NC1CCC(Nc2cc(NC3CCC3)c3ncc(C(=O)Nc4ccncc4F)n3n2)CC1. The van der Waals surface area contributed by atoms with Crippen LogP contribution in [0.1, 0.15) is 62.4 Å². The lowest BCUT2D eigenvalue weighted by molar-refractivity contribution is -0.119. The molecule has 3 aromatic rings. The summed E-state index contributed by atoms with van der Waals surface area (Å²) in [7, 11) is 0. The van der Waals surface area contributed by atoms with Crippen LogP contribution in [-0.4, -0.2) is 49.5 Å². The number of nitrogens with zero attached hydrogens (tertiary/aromatic N) is 4. The molecule has 0 saturated heterocycles. The first-order valence-electron chi connectivity index (χ1n) is 12.1. The number of amides is 2. The normalized spacial score (nSPS) is 20.2. The minimum absolute atomic E-state index is 0.00204. The molecular formula is C24H29FN8O2. The molecule has 0 unspecified atom stereocenters. The van der Waals surface area contributed by atoms with Crippen molar-refractivity contribution in [2.75, 3.05) is 16.0 Å². The highest BCUT2D eigenvalue weighted by Gasteiger charge is 2.25. The first-order chi connectivity index (χ1) is 17.0. The second-order valence-corrected chi connectivity index (χ2v) is 9.30. The van der Waals surface area contributed by atoms with Crippen LogP contribution >= 0.6 is 0 Å². The Kier molecular flexibility index (Phi) is 6.47. The van der Waals surface area contributed by atoms with Crippen molar-refractivity contribution in [3.8, 4) is 0 Å². The average molecular weight is 481 g/mol. The van der Waals surface area contributed by atoms with Gasteiger partial charge in [-0.2, -0.15) is 0 Å². The Morgan fingerprint density at radius 3 is 2.43 bits per heavy atom. The van der Waals surface area contributed by atoms with Crippen LogP contribution in [0.5, 0.6) is 0 Å². The summed E-state index contributed by atoms with van der Waals surface area (Å²) in [5.41, 5.74) is 1.58. The number of hydrogen-bond donors (Lipinski definition) is 4. The molecule has 2 amide bonds. The molecule has 2 fully saturated rings. The van der Waals surface area contributed by atoms with Crippen LogP contribution in [0.4, 0.5) is 21.6 Å². The second kappa shape index (κ2) is 9.85. The summed E-state index contributed by atoms with van der Waals surface area (Å²) in [4.78, 5) is 32.5. The van der Waals surface area contributed by atoms with Crippen molar-refractivity contribution in [2.45, 2.75) is 70.0 Å². The lowest BCUT2D eigenvalue weighted by atomic mass is 9.91. The highest BCUT2D eigenvalue weighted by molar-refractivity contribution is 6.03. The molecule has 2 saturated carbocycles. The average Bonchev–Trinajstić information content (AvgIpc) is 3.23. The van der Waals surface area contributed by atoms with E-state index in [2.05, 4.69) is 36.3 Å². The fourth-order valence-electron chi connectivity index (χ4n) is 4.61. The third-order valence-corrected chi connectivity index (χ3v) is 6.67. The lowest BCUT2D eigenvalue weighted by Gasteiger charge is -2.30. The van der Waals surface area contributed by atoms with Crippen LogP contribution in [0, 0.1) is 5.82 Å². The predicted molar refractivity (Wildman–Crippen MR) is 130 cm³/mol. The number of pyridine rings is 1. The Morgan fingerprint density at radius 2 is 1.74 bits per heavy atom. The lowest BCUT2D eigenvalue weighted by Crippen LogP contribution is -2.39. The molecular weight excluding hydrogens is 451 g/mol. The maximum Gasteiger partial charge on any atom is 0.276 e.